The molecule has 0 spiro atoms. The average molecular weight is 355 g/mol. The Morgan fingerprint density at radius 2 is 1.63 bits per heavy atom. The molecule has 1 amide bonds. The lowest BCUT2D eigenvalue weighted by atomic mass is 10.1. The van der Waals surface area contributed by atoms with E-state index in [1.165, 1.54) is 5.56 Å². The van der Waals surface area contributed by atoms with Crippen molar-refractivity contribution in [2.45, 2.75) is 13.5 Å². The summed E-state index contributed by atoms with van der Waals surface area (Å²) in [5.41, 5.74) is 4.91. The number of benzene rings is 3. The number of amides is 1. The first-order chi connectivity index (χ1) is 13.3. The number of rotatable bonds is 5. The molecule has 0 atom stereocenters. The van der Waals surface area contributed by atoms with Crippen molar-refractivity contribution in [2.24, 2.45) is 0 Å². The molecule has 0 unspecified atom stereocenters. The zero-order valence-electron chi connectivity index (χ0n) is 15.2. The van der Waals surface area contributed by atoms with Gasteiger partial charge in [0.15, 0.2) is 0 Å². The molecular formula is C23H21N3O. The molecule has 0 aliphatic carbocycles. The van der Waals surface area contributed by atoms with Gasteiger partial charge in [0.05, 0.1) is 12.1 Å². The summed E-state index contributed by atoms with van der Waals surface area (Å²) in [6, 6.07) is 26.2. The third-order valence-corrected chi connectivity index (χ3v) is 4.59. The molecular weight excluding hydrogens is 334 g/mol. The lowest BCUT2D eigenvalue weighted by Gasteiger charge is -2.04. The second kappa shape index (κ2) is 7.46. The first-order valence-electron chi connectivity index (χ1n) is 9.14. The molecule has 0 bridgehead atoms. The molecule has 3 aromatic carbocycles. The predicted octanol–water partition coefficient (Wildman–Crippen LogP) is 4.50. The molecule has 4 rings (SSSR count). The van der Waals surface area contributed by atoms with E-state index in [0.29, 0.717) is 12.1 Å². The van der Waals surface area contributed by atoms with Crippen LogP contribution < -0.4 is 5.32 Å². The van der Waals surface area contributed by atoms with E-state index in [-0.39, 0.29) is 5.91 Å². The Labute approximate surface area is 158 Å². The van der Waals surface area contributed by atoms with Gasteiger partial charge in [-0.2, -0.15) is 5.10 Å². The zero-order valence-corrected chi connectivity index (χ0v) is 15.2. The van der Waals surface area contributed by atoms with Crippen LogP contribution in [0.2, 0.25) is 0 Å². The summed E-state index contributed by atoms with van der Waals surface area (Å²) in [5.74, 6) is -0.0523. The Kier molecular flexibility index (Phi) is 4.71. The van der Waals surface area contributed by atoms with Crippen molar-refractivity contribution in [1.29, 1.82) is 0 Å². The second-order valence-electron chi connectivity index (χ2n) is 6.45. The van der Waals surface area contributed by atoms with Crippen LogP contribution in [-0.2, 0) is 6.54 Å². The van der Waals surface area contributed by atoms with Gasteiger partial charge in [-0.05, 0) is 30.7 Å². The molecule has 1 N–H and O–H groups in total. The van der Waals surface area contributed by atoms with Crippen molar-refractivity contribution in [3.05, 3.63) is 90.0 Å². The Bertz CT molecular complexity index is 1070. The standard InChI is InChI=1S/C23H21N3O/c1-2-24-23(27)19-14-12-18(13-15-19)22-20-10-6-7-11-21(20)26(25-22)16-17-8-4-3-5-9-17/h3-15H,2,16H2,1H3,(H,24,27). The van der Waals surface area contributed by atoms with Gasteiger partial charge in [0.1, 0.15) is 5.69 Å². The summed E-state index contributed by atoms with van der Waals surface area (Å²) in [7, 11) is 0. The molecule has 4 aromatic rings. The van der Waals surface area contributed by atoms with Gasteiger partial charge in [-0.15, -0.1) is 0 Å². The van der Waals surface area contributed by atoms with E-state index in [4.69, 9.17) is 5.10 Å². The van der Waals surface area contributed by atoms with E-state index in [1.807, 2.05) is 66.2 Å². The molecule has 0 saturated heterocycles. The van der Waals surface area contributed by atoms with Crippen LogP contribution in [0.1, 0.15) is 22.8 Å². The quantitative estimate of drug-likeness (QED) is 0.573. The summed E-state index contributed by atoms with van der Waals surface area (Å²) >= 11 is 0. The molecule has 27 heavy (non-hydrogen) atoms. The van der Waals surface area contributed by atoms with Crippen LogP contribution in [0.3, 0.4) is 0 Å². The fraction of sp³-hybridized carbons (Fsp3) is 0.130. The summed E-state index contributed by atoms with van der Waals surface area (Å²) in [5, 5.41) is 8.82. The minimum atomic E-state index is -0.0523. The number of fused-ring (bicyclic) bond motifs is 1. The maximum atomic E-state index is 12.0. The average Bonchev–Trinajstić information content (AvgIpc) is 3.08. The highest BCUT2D eigenvalue weighted by Crippen LogP contribution is 2.28. The maximum absolute atomic E-state index is 12.0. The Balaban J connectivity index is 1.73. The second-order valence-corrected chi connectivity index (χ2v) is 6.45. The molecule has 0 radical (unpaired) electrons. The van der Waals surface area contributed by atoms with E-state index < -0.39 is 0 Å². The molecule has 0 saturated carbocycles. The number of hydrogen-bond acceptors (Lipinski definition) is 2. The molecule has 1 aromatic heterocycles. The van der Waals surface area contributed by atoms with Crippen molar-refractivity contribution in [3.8, 4) is 11.3 Å². The van der Waals surface area contributed by atoms with Gasteiger partial charge < -0.3 is 5.32 Å². The highest BCUT2D eigenvalue weighted by molar-refractivity contribution is 5.96. The van der Waals surface area contributed by atoms with Gasteiger partial charge in [-0.3, -0.25) is 9.48 Å². The van der Waals surface area contributed by atoms with Gasteiger partial charge in [0, 0.05) is 23.1 Å². The van der Waals surface area contributed by atoms with Gasteiger partial charge >= 0.3 is 0 Å². The maximum Gasteiger partial charge on any atom is 0.251 e. The number of aromatic nitrogens is 2. The molecule has 0 fully saturated rings. The minimum Gasteiger partial charge on any atom is -0.352 e. The summed E-state index contributed by atoms with van der Waals surface area (Å²) in [6.45, 7) is 3.26. The van der Waals surface area contributed by atoms with Crippen LogP contribution in [0.25, 0.3) is 22.2 Å². The molecule has 4 heteroatoms. The van der Waals surface area contributed by atoms with Crippen LogP contribution in [0, 0.1) is 0 Å². The third kappa shape index (κ3) is 3.47. The van der Waals surface area contributed by atoms with Crippen molar-refractivity contribution in [2.75, 3.05) is 6.54 Å². The van der Waals surface area contributed by atoms with Gasteiger partial charge in [-0.25, -0.2) is 0 Å². The molecule has 0 aliphatic heterocycles. The fourth-order valence-corrected chi connectivity index (χ4v) is 3.26. The first kappa shape index (κ1) is 17.0. The van der Waals surface area contributed by atoms with Crippen LogP contribution in [0.5, 0.6) is 0 Å². The minimum absolute atomic E-state index is 0.0523. The fourth-order valence-electron chi connectivity index (χ4n) is 3.26. The Hall–Kier alpha value is -3.40. The van der Waals surface area contributed by atoms with E-state index in [2.05, 4.69) is 29.6 Å². The smallest absolute Gasteiger partial charge is 0.251 e. The van der Waals surface area contributed by atoms with Gasteiger partial charge in [0.2, 0.25) is 0 Å². The van der Waals surface area contributed by atoms with E-state index in [0.717, 1.165) is 28.7 Å². The van der Waals surface area contributed by atoms with Crippen LogP contribution >= 0.6 is 0 Å². The number of nitrogens with zero attached hydrogens (tertiary/aromatic N) is 2. The summed E-state index contributed by atoms with van der Waals surface area (Å²) in [6.07, 6.45) is 0. The van der Waals surface area contributed by atoms with Crippen LogP contribution in [-0.4, -0.2) is 22.2 Å². The first-order valence-corrected chi connectivity index (χ1v) is 9.14. The number of hydrogen-bond donors (Lipinski definition) is 1. The van der Waals surface area contributed by atoms with E-state index in [1.54, 1.807) is 0 Å². The Morgan fingerprint density at radius 1 is 0.926 bits per heavy atom. The lowest BCUT2D eigenvalue weighted by molar-refractivity contribution is 0.0956. The van der Waals surface area contributed by atoms with Gasteiger partial charge in [0.25, 0.3) is 5.91 Å². The van der Waals surface area contributed by atoms with Gasteiger partial charge in [-0.1, -0.05) is 60.7 Å². The molecule has 4 nitrogen and oxygen atoms in total. The SMILES string of the molecule is CCNC(=O)c1ccc(-c2nn(Cc3ccccc3)c3ccccc23)cc1. The topological polar surface area (TPSA) is 46.9 Å². The third-order valence-electron chi connectivity index (χ3n) is 4.59. The van der Waals surface area contributed by atoms with E-state index >= 15 is 0 Å². The van der Waals surface area contributed by atoms with Crippen LogP contribution in [0.15, 0.2) is 78.9 Å². The number of carbonyl (C=O) groups is 1. The van der Waals surface area contributed by atoms with Crippen LogP contribution in [0.4, 0.5) is 0 Å². The number of para-hydroxylation sites is 1. The highest BCUT2D eigenvalue weighted by Gasteiger charge is 2.13. The largest absolute Gasteiger partial charge is 0.352 e. The van der Waals surface area contributed by atoms with Crippen molar-refractivity contribution in [1.82, 2.24) is 15.1 Å². The summed E-state index contributed by atoms with van der Waals surface area (Å²) < 4.78 is 2.04. The Morgan fingerprint density at radius 3 is 2.37 bits per heavy atom. The molecule has 0 aliphatic rings. The van der Waals surface area contributed by atoms with Crippen molar-refractivity contribution in [3.63, 3.8) is 0 Å². The van der Waals surface area contributed by atoms with Crippen molar-refractivity contribution >= 4 is 16.8 Å². The molecule has 134 valence electrons. The number of carbonyl (C=O) groups excluding carboxylic acids is 1. The predicted molar refractivity (Wildman–Crippen MR) is 109 cm³/mol. The monoisotopic (exact) mass is 355 g/mol. The number of nitrogens with one attached hydrogen (secondary N) is 1. The lowest BCUT2D eigenvalue weighted by Crippen LogP contribution is -2.22. The normalized spacial score (nSPS) is 10.9. The van der Waals surface area contributed by atoms with E-state index in [9.17, 15) is 4.79 Å². The summed E-state index contributed by atoms with van der Waals surface area (Å²) in [4.78, 5) is 12.0. The van der Waals surface area contributed by atoms with Crippen molar-refractivity contribution < 1.29 is 4.79 Å². The molecule has 1 heterocycles. The highest BCUT2D eigenvalue weighted by atomic mass is 16.1. The zero-order chi connectivity index (χ0) is 18.6.